The first-order valence-electron chi connectivity index (χ1n) is 10.9. The first-order chi connectivity index (χ1) is 15.7. The van der Waals surface area contributed by atoms with E-state index in [4.69, 9.17) is 14.2 Å². The molecule has 0 aliphatic carbocycles. The standard InChI is InChI=1S/C25H28N2O4S/c1-2-30-22-8-6-20(7-9-22)25(10-12-29-13-11-25)17-26-24(28)19-4-3-5-23(14-19)31-15-21-16-32-18-27-21/h3-9,14,16,18H,2,10-13,15,17H2,1H3,(H,26,28). The minimum absolute atomic E-state index is 0.110. The van der Waals surface area contributed by atoms with E-state index in [0.29, 0.717) is 44.3 Å². The Morgan fingerprint density at radius 1 is 1.12 bits per heavy atom. The number of amides is 1. The molecule has 2 heterocycles. The molecule has 1 aromatic heterocycles. The minimum Gasteiger partial charge on any atom is -0.494 e. The van der Waals surface area contributed by atoms with Crippen molar-refractivity contribution in [2.75, 3.05) is 26.4 Å². The van der Waals surface area contributed by atoms with Crippen LogP contribution in [0.5, 0.6) is 11.5 Å². The predicted octanol–water partition coefficient (Wildman–Crippen LogP) is 4.60. The third kappa shape index (κ3) is 5.47. The number of nitrogens with zero attached hydrogens (tertiary/aromatic N) is 1. The van der Waals surface area contributed by atoms with E-state index in [9.17, 15) is 4.79 Å². The van der Waals surface area contributed by atoms with Gasteiger partial charge in [-0.05, 0) is 55.7 Å². The zero-order valence-electron chi connectivity index (χ0n) is 18.2. The number of benzene rings is 2. The van der Waals surface area contributed by atoms with Crippen molar-refractivity contribution in [3.63, 3.8) is 0 Å². The van der Waals surface area contributed by atoms with E-state index in [1.165, 1.54) is 16.9 Å². The number of aromatic nitrogens is 1. The fourth-order valence-corrected chi connectivity index (χ4v) is 4.49. The highest BCUT2D eigenvalue weighted by Crippen LogP contribution is 2.35. The highest BCUT2D eigenvalue weighted by molar-refractivity contribution is 7.07. The van der Waals surface area contributed by atoms with Crippen LogP contribution >= 0.6 is 11.3 Å². The predicted molar refractivity (Wildman–Crippen MR) is 125 cm³/mol. The Kier molecular flexibility index (Phi) is 7.39. The number of nitrogens with one attached hydrogen (secondary N) is 1. The summed E-state index contributed by atoms with van der Waals surface area (Å²) < 4.78 is 17.0. The molecule has 0 unspecified atom stereocenters. The normalized spacial score (nSPS) is 15.2. The molecular formula is C25H28N2O4S. The van der Waals surface area contributed by atoms with Gasteiger partial charge in [0.05, 0.1) is 17.8 Å². The highest BCUT2D eigenvalue weighted by atomic mass is 32.1. The first kappa shape index (κ1) is 22.3. The third-order valence-electron chi connectivity index (χ3n) is 5.78. The second kappa shape index (κ2) is 10.6. The van der Waals surface area contributed by atoms with Gasteiger partial charge in [0, 0.05) is 36.1 Å². The summed E-state index contributed by atoms with van der Waals surface area (Å²) in [7, 11) is 0. The van der Waals surface area contributed by atoms with E-state index in [0.717, 1.165) is 24.3 Å². The highest BCUT2D eigenvalue weighted by Gasteiger charge is 2.35. The van der Waals surface area contributed by atoms with E-state index >= 15 is 0 Å². The molecule has 1 aliphatic heterocycles. The quantitative estimate of drug-likeness (QED) is 0.514. The summed E-state index contributed by atoms with van der Waals surface area (Å²) in [5.41, 5.74) is 4.28. The van der Waals surface area contributed by atoms with Crippen LogP contribution in [0.3, 0.4) is 0 Å². The van der Waals surface area contributed by atoms with E-state index in [1.54, 1.807) is 17.6 Å². The summed E-state index contributed by atoms with van der Waals surface area (Å²) in [4.78, 5) is 17.2. The van der Waals surface area contributed by atoms with Crippen molar-refractivity contribution >= 4 is 17.2 Å². The molecule has 4 rings (SSSR count). The zero-order valence-corrected chi connectivity index (χ0v) is 19.0. The van der Waals surface area contributed by atoms with Gasteiger partial charge in [-0.3, -0.25) is 4.79 Å². The molecule has 168 valence electrons. The molecule has 1 amide bonds. The lowest BCUT2D eigenvalue weighted by Gasteiger charge is -2.38. The van der Waals surface area contributed by atoms with Crippen molar-refractivity contribution in [2.24, 2.45) is 0 Å². The van der Waals surface area contributed by atoms with Gasteiger partial charge in [-0.15, -0.1) is 11.3 Å². The van der Waals surface area contributed by atoms with Gasteiger partial charge in [0.1, 0.15) is 18.1 Å². The Hall–Kier alpha value is -2.90. The number of hydrogen-bond acceptors (Lipinski definition) is 6. The molecule has 1 N–H and O–H groups in total. The van der Waals surface area contributed by atoms with Gasteiger partial charge < -0.3 is 19.5 Å². The van der Waals surface area contributed by atoms with Crippen LogP contribution < -0.4 is 14.8 Å². The first-order valence-corrected chi connectivity index (χ1v) is 11.8. The molecule has 2 aromatic carbocycles. The Labute approximate surface area is 192 Å². The Morgan fingerprint density at radius 3 is 2.66 bits per heavy atom. The number of ether oxygens (including phenoxy) is 3. The van der Waals surface area contributed by atoms with Crippen molar-refractivity contribution in [3.8, 4) is 11.5 Å². The number of carbonyl (C=O) groups is 1. The molecule has 0 bridgehead atoms. The number of hydrogen-bond donors (Lipinski definition) is 1. The SMILES string of the molecule is CCOc1ccc(C2(CNC(=O)c3cccc(OCc4cscn4)c3)CCOCC2)cc1. The van der Waals surface area contributed by atoms with Crippen LogP contribution in [0.4, 0.5) is 0 Å². The van der Waals surface area contributed by atoms with Crippen molar-refractivity contribution in [3.05, 3.63) is 76.2 Å². The Balaban J connectivity index is 1.42. The largest absolute Gasteiger partial charge is 0.494 e. The van der Waals surface area contributed by atoms with Crippen LogP contribution in [0.25, 0.3) is 0 Å². The lowest BCUT2D eigenvalue weighted by Crippen LogP contribution is -2.44. The van der Waals surface area contributed by atoms with Gasteiger partial charge >= 0.3 is 0 Å². The molecule has 32 heavy (non-hydrogen) atoms. The van der Waals surface area contributed by atoms with Crippen molar-refractivity contribution in [2.45, 2.75) is 31.8 Å². The second-order valence-corrected chi connectivity index (χ2v) is 8.55. The van der Waals surface area contributed by atoms with Gasteiger partial charge in [0.15, 0.2) is 0 Å². The number of rotatable bonds is 9. The van der Waals surface area contributed by atoms with Crippen LogP contribution in [-0.4, -0.2) is 37.3 Å². The molecular weight excluding hydrogens is 424 g/mol. The third-order valence-corrected chi connectivity index (χ3v) is 6.42. The van der Waals surface area contributed by atoms with E-state index in [1.807, 2.05) is 36.6 Å². The lowest BCUT2D eigenvalue weighted by molar-refractivity contribution is 0.0487. The van der Waals surface area contributed by atoms with Crippen molar-refractivity contribution in [1.82, 2.24) is 10.3 Å². The smallest absolute Gasteiger partial charge is 0.251 e. The van der Waals surface area contributed by atoms with E-state index in [-0.39, 0.29) is 11.3 Å². The van der Waals surface area contributed by atoms with Crippen LogP contribution in [0.2, 0.25) is 0 Å². The maximum Gasteiger partial charge on any atom is 0.251 e. The molecule has 1 aliphatic rings. The van der Waals surface area contributed by atoms with Crippen LogP contribution in [0, 0.1) is 0 Å². The van der Waals surface area contributed by atoms with Gasteiger partial charge in [-0.25, -0.2) is 4.98 Å². The monoisotopic (exact) mass is 452 g/mol. The molecule has 0 spiro atoms. The zero-order chi connectivity index (χ0) is 22.2. The fourth-order valence-electron chi connectivity index (χ4n) is 3.95. The molecule has 1 saturated heterocycles. The van der Waals surface area contributed by atoms with Crippen molar-refractivity contribution in [1.29, 1.82) is 0 Å². The summed E-state index contributed by atoms with van der Waals surface area (Å²) in [6.45, 7) is 4.91. The Morgan fingerprint density at radius 2 is 1.94 bits per heavy atom. The molecule has 3 aromatic rings. The summed E-state index contributed by atoms with van der Waals surface area (Å²) in [6.07, 6.45) is 1.72. The van der Waals surface area contributed by atoms with E-state index in [2.05, 4.69) is 22.4 Å². The fraction of sp³-hybridized carbons (Fsp3) is 0.360. The van der Waals surface area contributed by atoms with Crippen LogP contribution in [0.1, 0.15) is 41.4 Å². The lowest BCUT2D eigenvalue weighted by atomic mass is 9.74. The molecule has 6 nitrogen and oxygen atoms in total. The maximum atomic E-state index is 13.0. The average Bonchev–Trinajstić information content (AvgIpc) is 3.36. The maximum absolute atomic E-state index is 13.0. The second-order valence-electron chi connectivity index (χ2n) is 7.83. The van der Waals surface area contributed by atoms with Crippen LogP contribution in [0.15, 0.2) is 59.4 Å². The van der Waals surface area contributed by atoms with Crippen molar-refractivity contribution < 1.29 is 19.0 Å². The molecule has 1 fully saturated rings. The summed E-state index contributed by atoms with van der Waals surface area (Å²) in [5, 5.41) is 5.10. The molecule has 0 saturated carbocycles. The summed E-state index contributed by atoms with van der Waals surface area (Å²) in [6, 6.07) is 15.5. The summed E-state index contributed by atoms with van der Waals surface area (Å²) >= 11 is 1.53. The number of carbonyl (C=O) groups excluding carboxylic acids is 1. The van der Waals surface area contributed by atoms with Gasteiger partial charge in [0.2, 0.25) is 0 Å². The Bertz CT molecular complexity index is 999. The summed E-state index contributed by atoms with van der Waals surface area (Å²) in [5.74, 6) is 1.40. The van der Waals surface area contributed by atoms with Gasteiger partial charge in [-0.2, -0.15) is 0 Å². The van der Waals surface area contributed by atoms with E-state index < -0.39 is 0 Å². The number of thiazole rings is 1. The average molecular weight is 453 g/mol. The molecule has 0 atom stereocenters. The van der Waals surface area contributed by atoms with Gasteiger partial charge in [0.25, 0.3) is 5.91 Å². The van der Waals surface area contributed by atoms with Crippen LogP contribution in [-0.2, 0) is 16.8 Å². The molecule has 7 heteroatoms. The minimum atomic E-state index is -0.155. The molecule has 0 radical (unpaired) electrons. The van der Waals surface area contributed by atoms with Gasteiger partial charge in [-0.1, -0.05) is 18.2 Å². The topological polar surface area (TPSA) is 69.7 Å².